The Morgan fingerprint density at radius 1 is 1.13 bits per heavy atom. The molecule has 0 saturated heterocycles. The molecule has 23 heavy (non-hydrogen) atoms. The summed E-state index contributed by atoms with van der Waals surface area (Å²) in [5.41, 5.74) is 0.482. The predicted octanol–water partition coefficient (Wildman–Crippen LogP) is 3.84. The van der Waals surface area contributed by atoms with Gasteiger partial charge in [0.1, 0.15) is 5.75 Å². The second-order valence-corrected chi connectivity index (χ2v) is 5.40. The Morgan fingerprint density at radius 3 is 2.39 bits per heavy atom. The smallest absolute Gasteiger partial charge is 0.336 e. The van der Waals surface area contributed by atoms with Crippen LogP contribution in [0.15, 0.2) is 42.5 Å². The van der Waals surface area contributed by atoms with Gasteiger partial charge >= 0.3 is 5.97 Å². The largest absolute Gasteiger partial charge is 0.495 e. The summed E-state index contributed by atoms with van der Waals surface area (Å²) >= 11 is 12.2. The maximum Gasteiger partial charge on any atom is 0.336 e. The van der Waals surface area contributed by atoms with Crippen LogP contribution in [0.3, 0.4) is 0 Å². The van der Waals surface area contributed by atoms with Gasteiger partial charge in [0.2, 0.25) is 0 Å². The van der Waals surface area contributed by atoms with Gasteiger partial charge in [0.15, 0.2) is 0 Å². The summed E-state index contributed by atoms with van der Waals surface area (Å²) < 4.78 is 6.00. The van der Waals surface area contributed by atoms with Crippen molar-refractivity contribution in [1.29, 1.82) is 0 Å². The minimum atomic E-state index is -1.20. The summed E-state index contributed by atoms with van der Waals surface area (Å²) in [7, 11) is 1.48. The zero-order valence-electron chi connectivity index (χ0n) is 12.1. The second kappa shape index (κ2) is 7.35. The number of hydrogen-bond donors (Lipinski definition) is 1. The van der Waals surface area contributed by atoms with Crippen molar-refractivity contribution in [3.8, 4) is 5.75 Å². The van der Waals surface area contributed by atoms with E-state index >= 15 is 0 Å². The van der Waals surface area contributed by atoms with E-state index in [1.165, 1.54) is 25.3 Å². The van der Waals surface area contributed by atoms with E-state index in [9.17, 15) is 9.59 Å². The van der Waals surface area contributed by atoms with Crippen LogP contribution in [-0.4, -0.2) is 28.5 Å². The van der Waals surface area contributed by atoms with Crippen LogP contribution in [0.5, 0.6) is 5.75 Å². The molecule has 1 amide bonds. The number of methoxy groups -OCH3 is 1. The van der Waals surface area contributed by atoms with Crippen molar-refractivity contribution in [2.75, 3.05) is 7.11 Å². The zero-order valence-corrected chi connectivity index (χ0v) is 13.6. The molecule has 2 aromatic rings. The lowest BCUT2D eigenvalue weighted by Gasteiger charge is -2.17. The number of nitrogens with zero attached hydrogens (tertiary/aromatic N) is 1. The standard InChI is InChI=1S/C16H13Cl2NO4/c1-23-13-8-4-5-10(14(13)17)9-19(18)15(20)11-6-2-3-7-12(11)16(21)22/h2-8H,9H2,1H3,(H,21,22). The quantitative estimate of drug-likeness (QED) is 0.829. The lowest BCUT2D eigenvalue weighted by molar-refractivity contribution is 0.0687. The fourth-order valence-corrected chi connectivity index (χ4v) is 2.53. The third kappa shape index (κ3) is 3.75. The van der Waals surface area contributed by atoms with Crippen LogP contribution in [-0.2, 0) is 6.54 Å². The lowest BCUT2D eigenvalue weighted by atomic mass is 10.1. The molecule has 120 valence electrons. The summed E-state index contributed by atoms with van der Waals surface area (Å²) in [6.07, 6.45) is 0. The van der Waals surface area contributed by atoms with E-state index in [2.05, 4.69) is 0 Å². The van der Waals surface area contributed by atoms with Crippen LogP contribution in [0.4, 0.5) is 0 Å². The normalized spacial score (nSPS) is 10.2. The predicted molar refractivity (Wildman–Crippen MR) is 87.1 cm³/mol. The van der Waals surface area contributed by atoms with E-state index < -0.39 is 11.9 Å². The lowest BCUT2D eigenvalue weighted by Crippen LogP contribution is -2.23. The first-order valence-electron chi connectivity index (χ1n) is 6.57. The van der Waals surface area contributed by atoms with Gasteiger partial charge in [-0.15, -0.1) is 0 Å². The molecular weight excluding hydrogens is 341 g/mol. The van der Waals surface area contributed by atoms with E-state index in [0.29, 0.717) is 16.3 Å². The molecule has 0 saturated carbocycles. The Bertz CT molecular complexity index is 749. The molecule has 2 aromatic carbocycles. The number of aromatic carboxylic acids is 1. The van der Waals surface area contributed by atoms with Crippen LogP contribution in [0, 0.1) is 0 Å². The molecule has 0 spiro atoms. The maximum atomic E-state index is 12.4. The third-order valence-electron chi connectivity index (χ3n) is 3.18. The summed E-state index contributed by atoms with van der Waals surface area (Å²) in [6.45, 7) is 0.00434. The number of halogens is 2. The molecule has 0 atom stereocenters. The first-order valence-corrected chi connectivity index (χ1v) is 7.28. The van der Waals surface area contributed by atoms with Crippen molar-refractivity contribution in [1.82, 2.24) is 4.42 Å². The van der Waals surface area contributed by atoms with Crippen molar-refractivity contribution >= 4 is 35.3 Å². The van der Waals surface area contributed by atoms with Crippen molar-refractivity contribution in [3.05, 3.63) is 64.2 Å². The third-order valence-corrected chi connectivity index (χ3v) is 3.88. The molecule has 0 aliphatic rings. The highest BCUT2D eigenvalue weighted by Gasteiger charge is 2.21. The highest BCUT2D eigenvalue weighted by molar-refractivity contribution is 6.33. The molecule has 0 aliphatic heterocycles. The highest BCUT2D eigenvalue weighted by Crippen LogP contribution is 2.29. The van der Waals surface area contributed by atoms with Crippen molar-refractivity contribution in [2.24, 2.45) is 0 Å². The van der Waals surface area contributed by atoms with Gasteiger partial charge in [0, 0.05) is 11.8 Å². The molecule has 0 fully saturated rings. The topological polar surface area (TPSA) is 66.8 Å². The fraction of sp³-hybridized carbons (Fsp3) is 0.125. The van der Waals surface area contributed by atoms with Gasteiger partial charge in [-0.3, -0.25) is 4.79 Å². The maximum absolute atomic E-state index is 12.4. The highest BCUT2D eigenvalue weighted by atomic mass is 35.5. The first kappa shape index (κ1) is 17.1. The molecule has 7 heteroatoms. The number of ether oxygens (including phenoxy) is 1. The molecule has 0 unspecified atom stereocenters. The van der Waals surface area contributed by atoms with Crippen LogP contribution in [0.25, 0.3) is 0 Å². The number of benzene rings is 2. The molecule has 0 aliphatic carbocycles. The fourth-order valence-electron chi connectivity index (χ4n) is 2.04. The summed E-state index contributed by atoms with van der Waals surface area (Å²) in [5.74, 6) is -1.35. The zero-order chi connectivity index (χ0) is 17.0. The van der Waals surface area contributed by atoms with E-state index in [0.717, 1.165) is 4.42 Å². The molecule has 1 N–H and O–H groups in total. The Hall–Kier alpha value is -2.24. The van der Waals surface area contributed by atoms with Crippen molar-refractivity contribution in [3.63, 3.8) is 0 Å². The Kier molecular flexibility index (Phi) is 5.47. The van der Waals surface area contributed by atoms with Gasteiger partial charge in [-0.2, -0.15) is 0 Å². The molecule has 0 radical (unpaired) electrons. The number of rotatable bonds is 5. The molecule has 2 rings (SSSR count). The van der Waals surface area contributed by atoms with Crippen molar-refractivity contribution < 1.29 is 19.4 Å². The molecule has 0 bridgehead atoms. The average molecular weight is 354 g/mol. The van der Waals surface area contributed by atoms with Gasteiger partial charge < -0.3 is 9.84 Å². The molecule has 5 nitrogen and oxygen atoms in total. The minimum Gasteiger partial charge on any atom is -0.495 e. The minimum absolute atomic E-state index is 0.00434. The van der Waals surface area contributed by atoms with Gasteiger partial charge in [-0.1, -0.05) is 35.9 Å². The Balaban J connectivity index is 2.27. The monoisotopic (exact) mass is 353 g/mol. The molecular formula is C16H13Cl2NO4. The second-order valence-electron chi connectivity index (χ2n) is 4.61. The van der Waals surface area contributed by atoms with Crippen LogP contribution in [0.2, 0.25) is 5.02 Å². The number of carboxylic acid groups (broad SMARTS) is 1. The summed E-state index contributed by atoms with van der Waals surface area (Å²) in [6, 6.07) is 11.0. The van der Waals surface area contributed by atoms with Gasteiger partial charge in [0.05, 0.1) is 29.8 Å². The Morgan fingerprint density at radius 2 is 1.78 bits per heavy atom. The van der Waals surface area contributed by atoms with Crippen LogP contribution in [0.1, 0.15) is 26.3 Å². The summed E-state index contributed by atoms with van der Waals surface area (Å²) in [5, 5.41) is 9.49. The first-order chi connectivity index (χ1) is 11.0. The van der Waals surface area contributed by atoms with Crippen molar-refractivity contribution in [2.45, 2.75) is 6.54 Å². The Labute approximate surface area is 143 Å². The number of carbonyl (C=O) groups is 2. The van der Waals surface area contributed by atoms with Crippen LogP contribution >= 0.6 is 23.4 Å². The van der Waals surface area contributed by atoms with Crippen LogP contribution < -0.4 is 4.74 Å². The number of carbonyl (C=O) groups excluding carboxylic acids is 1. The van der Waals surface area contributed by atoms with Gasteiger partial charge in [-0.05, 0) is 23.8 Å². The van der Waals surface area contributed by atoms with E-state index in [4.69, 9.17) is 33.2 Å². The summed E-state index contributed by atoms with van der Waals surface area (Å²) in [4.78, 5) is 23.6. The molecule has 0 aromatic heterocycles. The number of hydrogen-bond acceptors (Lipinski definition) is 3. The number of amides is 1. The molecule has 0 heterocycles. The number of carboxylic acids is 1. The van der Waals surface area contributed by atoms with Gasteiger partial charge in [-0.25, -0.2) is 9.21 Å². The van der Waals surface area contributed by atoms with E-state index in [-0.39, 0.29) is 17.7 Å². The van der Waals surface area contributed by atoms with E-state index in [1.54, 1.807) is 24.3 Å². The SMILES string of the molecule is COc1cccc(CN(Cl)C(=O)c2ccccc2C(=O)O)c1Cl. The van der Waals surface area contributed by atoms with E-state index in [1.807, 2.05) is 0 Å². The van der Waals surface area contributed by atoms with Gasteiger partial charge in [0.25, 0.3) is 5.91 Å². The average Bonchev–Trinajstić information content (AvgIpc) is 2.56.